The van der Waals surface area contributed by atoms with E-state index in [2.05, 4.69) is 29.1 Å². The second kappa shape index (κ2) is 7.40. The molecule has 4 rings (SSSR count). The maximum Gasteiger partial charge on any atom is 0.125 e. The smallest absolute Gasteiger partial charge is 0.125 e. The summed E-state index contributed by atoms with van der Waals surface area (Å²) in [4.78, 5) is 2.37. The second-order valence-electron chi connectivity index (χ2n) is 6.77. The average molecular weight is 351 g/mol. The van der Waals surface area contributed by atoms with E-state index in [4.69, 9.17) is 4.74 Å². The van der Waals surface area contributed by atoms with Crippen LogP contribution in [0.15, 0.2) is 66.9 Å². The van der Waals surface area contributed by atoms with Crippen LogP contribution in [0.5, 0.6) is 0 Å². The first-order valence-electron chi connectivity index (χ1n) is 8.90. The summed E-state index contributed by atoms with van der Waals surface area (Å²) in [5.74, 6) is -0.257. The van der Waals surface area contributed by atoms with Crippen molar-refractivity contribution in [1.82, 2.24) is 14.7 Å². The summed E-state index contributed by atoms with van der Waals surface area (Å²) in [6.07, 6.45) is 2.12. The van der Waals surface area contributed by atoms with E-state index in [0.29, 0.717) is 0 Å². The van der Waals surface area contributed by atoms with Crippen molar-refractivity contribution in [3.05, 3.63) is 83.9 Å². The molecule has 0 amide bonds. The zero-order valence-corrected chi connectivity index (χ0v) is 14.8. The largest absolute Gasteiger partial charge is 0.368 e. The molecular formula is C21H22FN3O. The van der Waals surface area contributed by atoms with Gasteiger partial charge in [-0.05, 0) is 36.8 Å². The third-order valence-electron chi connectivity index (χ3n) is 4.61. The number of benzene rings is 2. The monoisotopic (exact) mass is 351 g/mol. The molecule has 1 saturated heterocycles. The standard InChI is InChI=1S/C21H22FN3O/c1-16-13-24(15-21(26-16)17-6-3-2-4-7-17)14-19-10-11-25(23-19)20-9-5-8-18(22)12-20/h2-12,16,21H,13-15H2,1H3. The summed E-state index contributed by atoms with van der Waals surface area (Å²) in [6.45, 7) is 4.56. The summed E-state index contributed by atoms with van der Waals surface area (Å²) in [5.41, 5.74) is 2.90. The van der Waals surface area contributed by atoms with Crippen LogP contribution in [0.1, 0.15) is 24.3 Å². The second-order valence-corrected chi connectivity index (χ2v) is 6.77. The van der Waals surface area contributed by atoms with E-state index >= 15 is 0 Å². The number of ether oxygens (including phenoxy) is 1. The maximum atomic E-state index is 13.4. The van der Waals surface area contributed by atoms with Crippen LogP contribution in [0.2, 0.25) is 0 Å². The Bertz CT molecular complexity index is 864. The van der Waals surface area contributed by atoms with Gasteiger partial charge in [0.2, 0.25) is 0 Å². The molecule has 0 saturated carbocycles. The Hall–Kier alpha value is -2.50. The van der Waals surface area contributed by atoms with Crippen LogP contribution in [0.4, 0.5) is 4.39 Å². The first-order valence-corrected chi connectivity index (χ1v) is 8.90. The summed E-state index contributed by atoms with van der Waals surface area (Å²) in [6, 6.07) is 18.8. The number of morpholine rings is 1. The Balaban J connectivity index is 1.47. The SMILES string of the molecule is CC1CN(Cc2ccn(-c3cccc(F)c3)n2)CC(c2ccccc2)O1. The Kier molecular flexibility index (Phi) is 4.82. The molecule has 2 atom stereocenters. The molecule has 2 aromatic carbocycles. The van der Waals surface area contributed by atoms with Crippen LogP contribution < -0.4 is 0 Å². The number of nitrogens with zero attached hydrogens (tertiary/aromatic N) is 3. The van der Waals surface area contributed by atoms with Crippen LogP contribution in [-0.2, 0) is 11.3 Å². The highest BCUT2D eigenvalue weighted by Crippen LogP contribution is 2.26. The van der Waals surface area contributed by atoms with Gasteiger partial charge in [0.25, 0.3) is 0 Å². The number of aromatic nitrogens is 2. The first-order chi connectivity index (χ1) is 12.7. The Morgan fingerprint density at radius 3 is 2.73 bits per heavy atom. The third kappa shape index (κ3) is 3.84. The molecule has 2 unspecified atom stereocenters. The lowest BCUT2D eigenvalue weighted by Crippen LogP contribution is -2.42. The molecule has 0 radical (unpaired) electrons. The predicted molar refractivity (Wildman–Crippen MR) is 98.5 cm³/mol. The van der Waals surface area contributed by atoms with E-state index in [1.54, 1.807) is 10.7 Å². The molecule has 3 aromatic rings. The van der Waals surface area contributed by atoms with Gasteiger partial charge in [0, 0.05) is 25.8 Å². The Morgan fingerprint density at radius 2 is 1.92 bits per heavy atom. The van der Waals surface area contributed by atoms with Gasteiger partial charge in [-0.1, -0.05) is 36.4 Å². The molecule has 134 valence electrons. The minimum Gasteiger partial charge on any atom is -0.368 e. The van der Waals surface area contributed by atoms with Crippen molar-refractivity contribution in [2.45, 2.75) is 25.7 Å². The Morgan fingerprint density at radius 1 is 1.08 bits per heavy atom. The van der Waals surface area contributed by atoms with E-state index < -0.39 is 0 Å². The van der Waals surface area contributed by atoms with Crippen molar-refractivity contribution in [2.24, 2.45) is 0 Å². The van der Waals surface area contributed by atoms with Gasteiger partial charge >= 0.3 is 0 Å². The minimum atomic E-state index is -0.257. The van der Waals surface area contributed by atoms with E-state index in [0.717, 1.165) is 31.0 Å². The van der Waals surface area contributed by atoms with Gasteiger partial charge in [-0.3, -0.25) is 4.90 Å². The van der Waals surface area contributed by atoms with Gasteiger partial charge in [0.1, 0.15) is 5.82 Å². The first kappa shape index (κ1) is 16.9. The molecule has 1 aromatic heterocycles. The maximum absolute atomic E-state index is 13.4. The van der Waals surface area contributed by atoms with Crippen LogP contribution in [0.3, 0.4) is 0 Å². The summed E-state index contributed by atoms with van der Waals surface area (Å²) in [7, 11) is 0. The van der Waals surface area contributed by atoms with E-state index in [-0.39, 0.29) is 18.0 Å². The van der Waals surface area contributed by atoms with Crippen molar-refractivity contribution in [3.8, 4) is 5.69 Å². The fourth-order valence-electron chi connectivity index (χ4n) is 3.46. The molecule has 0 bridgehead atoms. The molecule has 5 heteroatoms. The average Bonchev–Trinajstić information content (AvgIpc) is 3.10. The lowest BCUT2D eigenvalue weighted by Gasteiger charge is -2.36. The van der Waals surface area contributed by atoms with Crippen LogP contribution in [0.25, 0.3) is 5.69 Å². The lowest BCUT2D eigenvalue weighted by molar-refractivity contribution is -0.0816. The highest BCUT2D eigenvalue weighted by molar-refractivity contribution is 5.31. The molecule has 1 aliphatic heterocycles. The highest BCUT2D eigenvalue weighted by atomic mass is 19.1. The summed E-state index contributed by atoms with van der Waals surface area (Å²) < 4.78 is 21.3. The van der Waals surface area contributed by atoms with Crippen molar-refractivity contribution in [2.75, 3.05) is 13.1 Å². The molecule has 2 heterocycles. The molecule has 1 aliphatic rings. The minimum absolute atomic E-state index is 0.0743. The fraction of sp³-hybridized carbons (Fsp3) is 0.286. The van der Waals surface area contributed by atoms with Gasteiger partial charge in [-0.15, -0.1) is 0 Å². The summed E-state index contributed by atoms with van der Waals surface area (Å²) >= 11 is 0. The van der Waals surface area contributed by atoms with Gasteiger partial charge in [0.15, 0.2) is 0 Å². The van der Waals surface area contributed by atoms with Crippen LogP contribution in [-0.4, -0.2) is 33.9 Å². The van der Waals surface area contributed by atoms with Crippen molar-refractivity contribution in [3.63, 3.8) is 0 Å². The van der Waals surface area contributed by atoms with Crippen molar-refractivity contribution >= 4 is 0 Å². The Labute approximate surface area is 152 Å². The van der Waals surface area contributed by atoms with E-state index in [9.17, 15) is 4.39 Å². The predicted octanol–water partition coefficient (Wildman–Crippen LogP) is 3.97. The number of hydrogen-bond acceptors (Lipinski definition) is 3. The summed E-state index contributed by atoms with van der Waals surface area (Å²) in [5, 5.41) is 4.61. The van der Waals surface area contributed by atoms with Gasteiger partial charge in [-0.2, -0.15) is 5.10 Å². The highest BCUT2D eigenvalue weighted by Gasteiger charge is 2.26. The molecule has 4 nitrogen and oxygen atoms in total. The lowest BCUT2D eigenvalue weighted by atomic mass is 10.1. The van der Waals surface area contributed by atoms with Crippen LogP contribution in [0, 0.1) is 5.82 Å². The molecule has 0 aliphatic carbocycles. The zero-order chi connectivity index (χ0) is 17.9. The van der Waals surface area contributed by atoms with Crippen molar-refractivity contribution < 1.29 is 9.13 Å². The zero-order valence-electron chi connectivity index (χ0n) is 14.8. The quantitative estimate of drug-likeness (QED) is 0.712. The molecule has 26 heavy (non-hydrogen) atoms. The van der Waals surface area contributed by atoms with Crippen LogP contribution >= 0.6 is 0 Å². The molecule has 1 fully saturated rings. The van der Waals surface area contributed by atoms with E-state index in [1.165, 1.54) is 17.7 Å². The molecule has 0 N–H and O–H groups in total. The van der Waals surface area contributed by atoms with E-state index in [1.807, 2.05) is 36.5 Å². The molecular weight excluding hydrogens is 329 g/mol. The fourth-order valence-corrected chi connectivity index (χ4v) is 3.46. The molecule has 0 spiro atoms. The normalized spacial score (nSPS) is 21.0. The number of hydrogen-bond donors (Lipinski definition) is 0. The van der Waals surface area contributed by atoms with Gasteiger partial charge < -0.3 is 4.74 Å². The van der Waals surface area contributed by atoms with Gasteiger partial charge in [0.05, 0.1) is 23.6 Å². The topological polar surface area (TPSA) is 30.3 Å². The number of halogens is 1. The third-order valence-corrected chi connectivity index (χ3v) is 4.61. The number of rotatable bonds is 4. The van der Waals surface area contributed by atoms with Crippen molar-refractivity contribution in [1.29, 1.82) is 0 Å². The van der Waals surface area contributed by atoms with Gasteiger partial charge in [-0.25, -0.2) is 9.07 Å².